The van der Waals surface area contributed by atoms with Crippen LogP contribution >= 0.6 is 0 Å². The molecule has 1 heterocycles. The van der Waals surface area contributed by atoms with Gasteiger partial charge in [0, 0.05) is 24.2 Å². The molecule has 238 valence electrons. The minimum Gasteiger partial charge on any atom is -0.493 e. The van der Waals surface area contributed by atoms with Gasteiger partial charge in [-0.05, 0) is 70.9 Å². The van der Waals surface area contributed by atoms with Gasteiger partial charge in [-0.1, -0.05) is 0 Å². The molecule has 43 heavy (non-hydrogen) atoms. The number of nitrogens with zero attached hydrogens (tertiary/aromatic N) is 2. The number of amides is 2. The third-order valence-electron chi connectivity index (χ3n) is 6.63. The SMILES string of the molecule is CCOC(=O)N1c2cc(OC)c(OC)cc2[C@@H](N(Cc2cc(C(F)(F)F)cc(C(F)(F)F)c2)C(=O)OC(C)(C)C)C[C@H]1C. The number of methoxy groups -OCH3 is 2. The van der Waals surface area contributed by atoms with Crippen molar-refractivity contribution in [2.24, 2.45) is 0 Å². The van der Waals surface area contributed by atoms with Crippen LogP contribution < -0.4 is 14.4 Å². The maximum absolute atomic E-state index is 13.6. The van der Waals surface area contributed by atoms with Crippen LogP contribution in [0.1, 0.15) is 69.3 Å². The zero-order chi connectivity index (χ0) is 32.5. The van der Waals surface area contributed by atoms with E-state index in [1.165, 1.54) is 31.3 Å². The van der Waals surface area contributed by atoms with Crippen LogP contribution in [0.4, 0.5) is 41.6 Å². The first-order chi connectivity index (χ1) is 19.8. The van der Waals surface area contributed by atoms with Crippen LogP contribution in [0.2, 0.25) is 0 Å². The maximum Gasteiger partial charge on any atom is 0.416 e. The fourth-order valence-corrected chi connectivity index (χ4v) is 4.85. The Morgan fingerprint density at radius 1 is 0.907 bits per heavy atom. The van der Waals surface area contributed by atoms with Crippen molar-refractivity contribution >= 4 is 17.9 Å². The molecule has 0 N–H and O–H groups in total. The zero-order valence-corrected chi connectivity index (χ0v) is 24.8. The quantitative estimate of drug-likeness (QED) is 0.305. The molecule has 0 unspecified atom stereocenters. The molecule has 0 spiro atoms. The van der Waals surface area contributed by atoms with Crippen LogP contribution in [0.15, 0.2) is 30.3 Å². The number of halogens is 6. The van der Waals surface area contributed by atoms with Gasteiger partial charge < -0.3 is 18.9 Å². The maximum atomic E-state index is 13.6. The monoisotopic (exact) mass is 620 g/mol. The lowest BCUT2D eigenvalue weighted by atomic mass is 9.90. The summed E-state index contributed by atoms with van der Waals surface area (Å²) in [5.41, 5.74) is -3.93. The van der Waals surface area contributed by atoms with Crippen molar-refractivity contribution in [3.63, 3.8) is 0 Å². The fourth-order valence-electron chi connectivity index (χ4n) is 4.85. The molecule has 0 saturated carbocycles. The van der Waals surface area contributed by atoms with Gasteiger partial charge in [-0.2, -0.15) is 26.3 Å². The Kier molecular flexibility index (Phi) is 9.71. The molecule has 0 bridgehead atoms. The highest BCUT2D eigenvalue weighted by Crippen LogP contribution is 2.47. The van der Waals surface area contributed by atoms with E-state index in [9.17, 15) is 35.9 Å². The molecule has 14 heteroatoms. The minimum absolute atomic E-state index is 0.0215. The highest BCUT2D eigenvalue weighted by Gasteiger charge is 2.42. The molecule has 0 saturated heterocycles. The lowest BCUT2D eigenvalue weighted by Crippen LogP contribution is -2.48. The number of hydrogen-bond acceptors (Lipinski definition) is 6. The molecule has 0 aliphatic carbocycles. The van der Waals surface area contributed by atoms with E-state index in [1.54, 1.807) is 34.6 Å². The molecule has 8 nitrogen and oxygen atoms in total. The van der Waals surface area contributed by atoms with E-state index in [2.05, 4.69) is 0 Å². The summed E-state index contributed by atoms with van der Waals surface area (Å²) in [6, 6.07) is 2.54. The summed E-state index contributed by atoms with van der Waals surface area (Å²) in [6.07, 6.45) is -11.8. The van der Waals surface area contributed by atoms with Crippen molar-refractivity contribution in [3.8, 4) is 11.5 Å². The molecular formula is C29H34F6N2O6. The third kappa shape index (κ3) is 7.77. The Labute approximate surface area is 245 Å². The van der Waals surface area contributed by atoms with Crippen LogP contribution in [0.3, 0.4) is 0 Å². The molecule has 1 aliphatic heterocycles. The molecule has 2 aromatic carbocycles. The standard InChI is InChI=1S/C29H34F6N2O6/c1-8-42-26(39)37-16(2)9-21(20-13-23(40-6)24(41-7)14-22(20)37)36(25(38)43-27(3,4)5)15-17-10-18(28(30,31)32)12-19(11-17)29(33,34)35/h10-14,16,21H,8-9,15H2,1-7H3/t16-,21+/m1/s1. The Morgan fingerprint density at radius 3 is 1.91 bits per heavy atom. The number of hydrogen-bond donors (Lipinski definition) is 0. The summed E-state index contributed by atoms with van der Waals surface area (Å²) in [7, 11) is 2.74. The van der Waals surface area contributed by atoms with E-state index in [0.29, 0.717) is 17.7 Å². The average molecular weight is 621 g/mol. The summed E-state index contributed by atoms with van der Waals surface area (Å²) >= 11 is 0. The molecule has 1 aliphatic rings. The van der Waals surface area contributed by atoms with Crippen molar-refractivity contribution in [3.05, 3.63) is 52.6 Å². The van der Waals surface area contributed by atoms with Crippen LogP contribution in [-0.4, -0.2) is 49.6 Å². The van der Waals surface area contributed by atoms with Gasteiger partial charge in [0.1, 0.15) is 5.60 Å². The number of fused-ring (bicyclic) bond motifs is 1. The number of carbonyl (C=O) groups excluding carboxylic acids is 2. The first-order valence-corrected chi connectivity index (χ1v) is 13.3. The van der Waals surface area contributed by atoms with Crippen LogP contribution in [0.25, 0.3) is 0 Å². The minimum atomic E-state index is -5.08. The Balaban J connectivity index is 2.26. The second-order valence-electron chi connectivity index (χ2n) is 11.0. The summed E-state index contributed by atoms with van der Waals surface area (Å²) in [5.74, 6) is 0.451. The van der Waals surface area contributed by atoms with E-state index >= 15 is 0 Å². The molecule has 0 aromatic heterocycles. The highest BCUT2D eigenvalue weighted by molar-refractivity contribution is 5.91. The molecular weight excluding hydrogens is 586 g/mol. The van der Waals surface area contributed by atoms with Gasteiger partial charge in [0.15, 0.2) is 11.5 Å². The molecule has 0 radical (unpaired) electrons. The lowest BCUT2D eigenvalue weighted by Gasteiger charge is -2.43. The number of benzene rings is 2. The van der Waals surface area contributed by atoms with E-state index in [0.717, 1.165) is 4.90 Å². The summed E-state index contributed by atoms with van der Waals surface area (Å²) in [4.78, 5) is 29.0. The first-order valence-electron chi connectivity index (χ1n) is 13.3. The van der Waals surface area contributed by atoms with Crippen molar-refractivity contribution < 1.29 is 54.9 Å². The smallest absolute Gasteiger partial charge is 0.416 e. The fraction of sp³-hybridized carbons (Fsp3) is 0.517. The number of rotatable bonds is 6. The summed E-state index contributed by atoms with van der Waals surface area (Å²) < 4.78 is 103. The topological polar surface area (TPSA) is 77.5 Å². The zero-order valence-electron chi connectivity index (χ0n) is 24.8. The van der Waals surface area contributed by atoms with E-state index in [1.807, 2.05) is 0 Å². The molecule has 3 rings (SSSR count). The third-order valence-corrected chi connectivity index (χ3v) is 6.63. The van der Waals surface area contributed by atoms with Crippen LogP contribution in [-0.2, 0) is 28.4 Å². The number of carbonyl (C=O) groups is 2. The normalized spacial score (nSPS) is 17.2. The summed E-state index contributed by atoms with van der Waals surface area (Å²) in [5, 5.41) is 0. The first kappa shape index (κ1) is 33.7. The predicted molar refractivity (Wildman–Crippen MR) is 144 cm³/mol. The Bertz CT molecular complexity index is 1310. The number of alkyl halides is 6. The van der Waals surface area contributed by atoms with Gasteiger partial charge in [-0.25, -0.2) is 9.59 Å². The summed E-state index contributed by atoms with van der Waals surface area (Å²) in [6.45, 7) is 7.40. The van der Waals surface area contributed by atoms with Gasteiger partial charge in [0.05, 0.1) is 43.7 Å². The molecule has 2 aromatic rings. The average Bonchev–Trinajstić information content (AvgIpc) is 2.88. The largest absolute Gasteiger partial charge is 0.493 e. The lowest BCUT2D eigenvalue weighted by molar-refractivity contribution is -0.143. The van der Waals surface area contributed by atoms with Gasteiger partial charge in [0.2, 0.25) is 0 Å². The van der Waals surface area contributed by atoms with E-state index in [-0.39, 0.29) is 36.3 Å². The van der Waals surface area contributed by atoms with Crippen LogP contribution in [0, 0.1) is 0 Å². The second-order valence-corrected chi connectivity index (χ2v) is 11.0. The van der Waals surface area contributed by atoms with Gasteiger partial charge in [-0.3, -0.25) is 9.80 Å². The highest BCUT2D eigenvalue weighted by atomic mass is 19.4. The molecule has 2 atom stereocenters. The number of anilines is 1. The molecule has 0 fully saturated rings. The van der Waals surface area contributed by atoms with Gasteiger partial charge >= 0.3 is 24.5 Å². The van der Waals surface area contributed by atoms with E-state index in [4.69, 9.17) is 18.9 Å². The predicted octanol–water partition coefficient (Wildman–Crippen LogP) is 7.97. The Hall–Kier alpha value is -3.84. The van der Waals surface area contributed by atoms with Gasteiger partial charge in [0.25, 0.3) is 0 Å². The van der Waals surface area contributed by atoms with Crippen molar-refractivity contribution in [1.29, 1.82) is 0 Å². The van der Waals surface area contributed by atoms with Crippen molar-refractivity contribution in [1.82, 2.24) is 4.90 Å². The van der Waals surface area contributed by atoms with E-state index < -0.39 is 65.5 Å². The van der Waals surface area contributed by atoms with Crippen LogP contribution in [0.5, 0.6) is 11.5 Å². The number of ether oxygens (including phenoxy) is 4. The second kappa shape index (κ2) is 12.4. The van der Waals surface area contributed by atoms with Crippen molar-refractivity contribution in [2.45, 2.75) is 77.6 Å². The van der Waals surface area contributed by atoms with Crippen molar-refractivity contribution in [2.75, 3.05) is 25.7 Å². The van der Waals surface area contributed by atoms with Gasteiger partial charge in [-0.15, -0.1) is 0 Å². The molecule has 2 amide bonds. The Morgan fingerprint density at radius 2 is 1.44 bits per heavy atom.